The molecule has 0 aromatic carbocycles. The van der Waals surface area contributed by atoms with Crippen molar-refractivity contribution in [1.29, 1.82) is 0 Å². The highest BCUT2D eigenvalue weighted by atomic mass is 14.9. The van der Waals surface area contributed by atoms with E-state index in [-0.39, 0.29) is 0 Å². The summed E-state index contributed by atoms with van der Waals surface area (Å²) in [6.07, 6.45) is 2.90. The van der Waals surface area contributed by atoms with Crippen molar-refractivity contribution in [3.8, 4) is 0 Å². The molecule has 0 unspecified atom stereocenters. The number of hydrogen-bond donors (Lipinski definition) is 1. The summed E-state index contributed by atoms with van der Waals surface area (Å²) in [5.74, 6) is 2.86. The lowest BCUT2D eigenvalue weighted by molar-refractivity contribution is -0.113. The zero-order chi connectivity index (χ0) is 8.93. The van der Waals surface area contributed by atoms with Crippen molar-refractivity contribution in [3.63, 3.8) is 0 Å². The Hall–Kier alpha value is -0.0400. The highest BCUT2D eigenvalue weighted by molar-refractivity contribution is 5.06. The van der Waals surface area contributed by atoms with Crippen LogP contribution in [0.2, 0.25) is 0 Å². The number of fused-ring (bicyclic) bond motifs is 2. The molecule has 3 fully saturated rings. The molecule has 1 heteroatoms. The molecule has 1 nitrogen and oxygen atoms in total. The van der Waals surface area contributed by atoms with Crippen LogP contribution in [0.5, 0.6) is 0 Å². The minimum atomic E-state index is 0.646. The lowest BCUT2D eigenvalue weighted by atomic mass is 9.45. The Labute approximate surface area is 75.9 Å². The molecule has 0 saturated heterocycles. The summed E-state index contributed by atoms with van der Waals surface area (Å²) in [6, 6.07) is 0.793. The van der Waals surface area contributed by atoms with E-state index in [0.717, 1.165) is 23.8 Å². The Kier molecular flexibility index (Phi) is 1.76. The van der Waals surface area contributed by atoms with Crippen molar-refractivity contribution in [2.45, 2.75) is 39.7 Å². The van der Waals surface area contributed by atoms with Gasteiger partial charge >= 0.3 is 0 Å². The fourth-order valence-electron chi connectivity index (χ4n) is 3.53. The van der Waals surface area contributed by atoms with Crippen molar-refractivity contribution in [3.05, 3.63) is 0 Å². The maximum absolute atomic E-state index is 3.45. The van der Waals surface area contributed by atoms with E-state index < -0.39 is 0 Å². The summed E-state index contributed by atoms with van der Waals surface area (Å²) in [5.41, 5.74) is 0.646. The molecular formula is C11H21N. The molecule has 3 saturated carbocycles. The van der Waals surface area contributed by atoms with Gasteiger partial charge in [0.25, 0.3) is 0 Å². The van der Waals surface area contributed by atoms with Crippen molar-refractivity contribution in [1.82, 2.24) is 5.32 Å². The molecular weight excluding hydrogens is 146 g/mol. The van der Waals surface area contributed by atoms with Crippen LogP contribution in [0, 0.1) is 23.2 Å². The molecule has 0 aromatic rings. The van der Waals surface area contributed by atoms with E-state index in [2.05, 4.69) is 33.1 Å². The summed E-state index contributed by atoms with van der Waals surface area (Å²) in [7, 11) is 2.11. The van der Waals surface area contributed by atoms with E-state index in [1.165, 1.54) is 12.8 Å². The SMILES string of the molecule is CN[C@H]1C[C@H]2C[C@H]([C@H]1C)C2(C)C. The Morgan fingerprint density at radius 1 is 1.25 bits per heavy atom. The third-order valence-corrected chi connectivity index (χ3v) is 4.72. The van der Waals surface area contributed by atoms with Gasteiger partial charge in [-0.25, -0.2) is 0 Å². The molecule has 3 aliphatic rings. The topological polar surface area (TPSA) is 12.0 Å². The van der Waals surface area contributed by atoms with Gasteiger partial charge in [0.1, 0.15) is 0 Å². The van der Waals surface area contributed by atoms with Crippen LogP contribution < -0.4 is 5.32 Å². The van der Waals surface area contributed by atoms with E-state index in [9.17, 15) is 0 Å². The van der Waals surface area contributed by atoms with Gasteiger partial charge in [-0.2, -0.15) is 0 Å². The van der Waals surface area contributed by atoms with Crippen molar-refractivity contribution in [2.75, 3.05) is 7.05 Å². The van der Waals surface area contributed by atoms with Gasteiger partial charge in [-0.1, -0.05) is 20.8 Å². The van der Waals surface area contributed by atoms with Crippen LogP contribution in [0.4, 0.5) is 0 Å². The van der Waals surface area contributed by atoms with Crippen LogP contribution in [0.25, 0.3) is 0 Å². The zero-order valence-electron chi connectivity index (χ0n) is 8.72. The molecule has 0 heterocycles. The molecule has 3 rings (SSSR count). The van der Waals surface area contributed by atoms with Gasteiger partial charge < -0.3 is 5.32 Å². The van der Waals surface area contributed by atoms with Crippen molar-refractivity contribution >= 4 is 0 Å². The second-order valence-electron chi connectivity index (χ2n) is 5.35. The molecule has 0 aromatic heterocycles. The predicted octanol–water partition coefficient (Wildman–Crippen LogP) is 2.28. The molecule has 0 radical (unpaired) electrons. The van der Waals surface area contributed by atoms with Crippen LogP contribution in [0.15, 0.2) is 0 Å². The molecule has 0 spiro atoms. The number of nitrogens with one attached hydrogen (secondary N) is 1. The second-order valence-corrected chi connectivity index (χ2v) is 5.35. The zero-order valence-corrected chi connectivity index (χ0v) is 8.72. The largest absolute Gasteiger partial charge is 0.317 e. The molecule has 12 heavy (non-hydrogen) atoms. The fourth-order valence-corrected chi connectivity index (χ4v) is 3.53. The summed E-state index contributed by atoms with van der Waals surface area (Å²) in [5, 5.41) is 3.45. The Bertz CT molecular complexity index is 185. The summed E-state index contributed by atoms with van der Waals surface area (Å²) in [4.78, 5) is 0. The van der Waals surface area contributed by atoms with Crippen LogP contribution in [0.1, 0.15) is 33.6 Å². The Balaban J connectivity index is 2.11. The molecule has 70 valence electrons. The first-order valence-corrected chi connectivity index (χ1v) is 5.24. The summed E-state index contributed by atoms with van der Waals surface area (Å²) >= 11 is 0. The average molecular weight is 167 g/mol. The number of hydrogen-bond acceptors (Lipinski definition) is 1. The lowest BCUT2D eigenvalue weighted by Crippen LogP contribution is -2.59. The minimum Gasteiger partial charge on any atom is -0.317 e. The molecule has 2 bridgehead atoms. The quantitative estimate of drug-likeness (QED) is 0.632. The van der Waals surface area contributed by atoms with Gasteiger partial charge in [0.15, 0.2) is 0 Å². The van der Waals surface area contributed by atoms with Crippen LogP contribution in [0.3, 0.4) is 0 Å². The minimum absolute atomic E-state index is 0.646. The van der Waals surface area contributed by atoms with E-state index in [1.807, 2.05) is 0 Å². The first-order chi connectivity index (χ1) is 5.57. The maximum Gasteiger partial charge on any atom is 0.00953 e. The van der Waals surface area contributed by atoms with Gasteiger partial charge in [-0.3, -0.25) is 0 Å². The van der Waals surface area contributed by atoms with Gasteiger partial charge in [-0.15, -0.1) is 0 Å². The highest BCUT2D eigenvalue weighted by Gasteiger charge is 2.55. The average Bonchev–Trinajstić information content (AvgIpc) is 2.03. The molecule has 4 atom stereocenters. The van der Waals surface area contributed by atoms with E-state index >= 15 is 0 Å². The molecule has 1 N–H and O–H groups in total. The van der Waals surface area contributed by atoms with Gasteiger partial charge in [-0.05, 0) is 43.1 Å². The Morgan fingerprint density at radius 3 is 2.33 bits per heavy atom. The van der Waals surface area contributed by atoms with Gasteiger partial charge in [0.2, 0.25) is 0 Å². The maximum atomic E-state index is 3.45. The van der Waals surface area contributed by atoms with Gasteiger partial charge in [0.05, 0.1) is 0 Å². The standard InChI is InChI=1S/C11H21N/c1-7-9-5-8(11(9,2)3)6-10(7)12-4/h7-10,12H,5-6H2,1-4H3/t7-,8-,9-,10+/m1/s1. The first kappa shape index (κ1) is 8.55. The first-order valence-electron chi connectivity index (χ1n) is 5.24. The van der Waals surface area contributed by atoms with Gasteiger partial charge in [0, 0.05) is 6.04 Å². The van der Waals surface area contributed by atoms with Crippen LogP contribution >= 0.6 is 0 Å². The summed E-state index contributed by atoms with van der Waals surface area (Å²) < 4.78 is 0. The van der Waals surface area contributed by atoms with E-state index in [4.69, 9.17) is 0 Å². The van der Waals surface area contributed by atoms with Crippen LogP contribution in [-0.2, 0) is 0 Å². The third kappa shape index (κ3) is 0.891. The molecule has 3 aliphatic carbocycles. The van der Waals surface area contributed by atoms with E-state index in [1.54, 1.807) is 0 Å². The normalized spacial score (nSPS) is 50.0. The van der Waals surface area contributed by atoms with Crippen molar-refractivity contribution < 1.29 is 0 Å². The lowest BCUT2D eigenvalue weighted by Gasteiger charge is -2.62. The monoisotopic (exact) mass is 167 g/mol. The molecule has 0 aliphatic heterocycles. The fraction of sp³-hybridized carbons (Fsp3) is 1.00. The highest BCUT2D eigenvalue weighted by Crippen LogP contribution is 2.61. The Morgan fingerprint density at radius 2 is 1.92 bits per heavy atom. The summed E-state index contributed by atoms with van der Waals surface area (Å²) in [6.45, 7) is 7.32. The number of rotatable bonds is 1. The van der Waals surface area contributed by atoms with Crippen LogP contribution in [-0.4, -0.2) is 13.1 Å². The predicted molar refractivity (Wildman–Crippen MR) is 52.0 cm³/mol. The van der Waals surface area contributed by atoms with E-state index in [0.29, 0.717) is 5.41 Å². The smallest absolute Gasteiger partial charge is 0.00953 e. The third-order valence-electron chi connectivity index (χ3n) is 4.72. The second kappa shape index (κ2) is 2.47. The molecule has 0 amide bonds. The van der Waals surface area contributed by atoms with Crippen molar-refractivity contribution in [2.24, 2.45) is 23.2 Å².